The Labute approximate surface area is 494 Å². The Morgan fingerprint density at radius 3 is 1.39 bits per heavy atom. The molecule has 0 radical (unpaired) electrons. The second-order valence-electron chi connectivity index (χ2n) is 26.0. The van der Waals surface area contributed by atoms with E-state index in [9.17, 15) is 14.4 Å². The summed E-state index contributed by atoms with van der Waals surface area (Å²) in [4.78, 5) is 41.9. The maximum atomic E-state index is 11.8. The largest absolute Gasteiger partial charge is 0.427 e. The minimum Gasteiger partial charge on any atom is -0.427 e. The maximum absolute atomic E-state index is 11.8. The SMILES string of the molecule is CC(=O)Oc1ccc2c(C3CCCCC3)c3n(c2c1)CCN(CCC1CCN(C2CCCC2)CC1)c1ccccc1-3.CC(=O)Oc1ccc2c(C3CCCCC3)c3n(c2c1)CCN(CCC1CCNCC1)c1ccccc1-3.O=C1CCCC1. The first-order chi connectivity index (χ1) is 40.7. The molecule has 11 nitrogen and oxygen atoms in total. The Morgan fingerprint density at radius 2 is 0.940 bits per heavy atom. The molecule has 8 aliphatic rings. The van der Waals surface area contributed by atoms with Gasteiger partial charge in [-0.15, -0.1) is 0 Å². The molecular weight excluding hydrogens is 1030 g/mol. The fourth-order valence-electron chi connectivity index (χ4n) is 16.4. The molecule has 1 N–H and O–H groups in total. The Kier molecular flexibility index (Phi) is 18.7. The number of carbonyl (C=O) groups is 3. The van der Waals surface area contributed by atoms with Gasteiger partial charge in [-0.05, 0) is 187 Å². The number of rotatable bonds is 11. The summed E-state index contributed by atoms with van der Waals surface area (Å²) in [5, 5.41) is 6.20. The van der Waals surface area contributed by atoms with Gasteiger partial charge in [-0.1, -0.05) is 87.8 Å². The fraction of sp³-hybridized carbons (Fsp3) is 0.569. The molecule has 4 aromatic carbocycles. The summed E-state index contributed by atoms with van der Waals surface area (Å²) in [6.07, 6.45) is 30.6. The number of hydrogen-bond acceptors (Lipinski definition) is 9. The van der Waals surface area contributed by atoms with Crippen LogP contribution in [0.1, 0.15) is 191 Å². The van der Waals surface area contributed by atoms with Gasteiger partial charge in [0.2, 0.25) is 0 Å². The third-order valence-corrected chi connectivity index (χ3v) is 20.6. The summed E-state index contributed by atoms with van der Waals surface area (Å²) in [5.41, 5.74) is 13.8. The topological polar surface area (TPSA) is 101 Å². The predicted octanol–water partition coefficient (Wildman–Crippen LogP) is 15.8. The number of hydrogen-bond donors (Lipinski definition) is 1. The van der Waals surface area contributed by atoms with Crippen molar-refractivity contribution < 1.29 is 23.9 Å². The number of aromatic nitrogens is 2. The van der Waals surface area contributed by atoms with Crippen molar-refractivity contribution in [1.82, 2.24) is 19.4 Å². The van der Waals surface area contributed by atoms with Crippen LogP contribution in [0.4, 0.5) is 11.4 Å². The lowest BCUT2D eigenvalue weighted by molar-refractivity contribution is -0.132. The van der Waals surface area contributed by atoms with E-state index in [0.29, 0.717) is 29.1 Å². The summed E-state index contributed by atoms with van der Waals surface area (Å²) in [6.45, 7) is 14.1. The number of likely N-dealkylation sites (tertiary alicyclic amines) is 1. The minimum absolute atomic E-state index is 0.259. The van der Waals surface area contributed by atoms with Gasteiger partial charge in [0.05, 0.1) is 22.4 Å². The number of esters is 2. The summed E-state index contributed by atoms with van der Waals surface area (Å²) >= 11 is 0. The van der Waals surface area contributed by atoms with Gasteiger partial charge < -0.3 is 38.6 Å². The van der Waals surface area contributed by atoms with E-state index < -0.39 is 0 Å². The summed E-state index contributed by atoms with van der Waals surface area (Å²) in [5.74, 6) is 4.07. The van der Waals surface area contributed by atoms with Crippen molar-refractivity contribution in [3.63, 3.8) is 0 Å². The van der Waals surface area contributed by atoms with Crippen molar-refractivity contribution >= 4 is 50.9 Å². The number of anilines is 2. The first kappa shape index (κ1) is 57.5. The molecule has 0 bridgehead atoms. The summed E-state index contributed by atoms with van der Waals surface area (Å²) in [6, 6.07) is 31.7. The Morgan fingerprint density at radius 1 is 0.494 bits per heavy atom. The number of para-hydroxylation sites is 2. The second kappa shape index (κ2) is 27.0. The van der Waals surface area contributed by atoms with E-state index in [2.05, 4.69) is 102 Å². The van der Waals surface area contributed by atoms with Crippen molar-refractivity contribution in [2.75, 3.05) is 62.2 Å². The van der Waals surface area contributed by atoms with Crippen molar-refractivity contribution in [2.24, 2.45) is 11.8 Å². The normalized spacial score (nSPS) is 20.3. The maximum Gasteiger partial charge on any atom is 0.308 e. The van der Waals surface area contributed by atoms with Gasteiger partial charge in [0.25, 0.3) is 0 Å². The van der Waals surface area contributed by atoms with Crippen molar-refractivity contribution in [1.29, 1.82) is 0 Å². The first-order valence-electron chi connectivity index (χ1n) is 33.1. The van der Waals surface area contributed by atoms with Crippen LogP contribution in [0.3, 0.4) is 0 Å². The van der Waals surface area contributed by atoms with Gasteiger partial charge in [0.1, 0.15) is 17.3 Å². The van der Waals surface area contributed by atoms with Crippen LogP contribution >= 0.6 is 0 Å². The number of piperidine rings is 2. The van der Waals surface area contributed by atoms with E-state index in [1.165, 1.54) is 222 Å². The molecule has 2 aromatic heterocycles. The van der Waals surface area contributed by atoms with Gasteiger partial charge in [-0.2, -0.15) is 0 Å². The number of nitrogens with zero attached hydrogens (tertiary/aromatic N) is 5. The quantitative estimate of drug-likeness (QED) is 0.100. The molecule has 0 atom stereocenters. The van der Waals surface area contributed by atoms with E-state index in [-0.39, 0.29) is 11.9 Å². The molecule has 2 saturated heterocycles. The lowest BCUT2D eigenvalue weighted by Crippen LogP contribution is -2.40. The number of ether oxygens (including phenoxy) is 2. The van der Waals surface area contributed by atoms with Gasteiger partial charge in [-0.3, -0.25) is 14.4 Å². The van der Waals surface area contributed by atoms with E-state index in [0.717, 1.165) is 95.9 Å². The summed E-state index contributed by atoms with van der Waals surface area (Å²) < 4.78 is 16.2. The van der Waals surface area contributed by atoms with Gasteiger partial charge in [-0.25, -0.2) is 0 Å². The molecule has 0 spiro atoms. The highest BCUT2D eigenvalue weighted by atomic mass is 16.5. The van der Waals surface area contributed by atoms with Crippen molar-refractivity contribution in [3.05, 3.63) is 96.1 Å². The Hall–Kier alpha value is -5.91. The zero-order valence-electron chi connectivity index (χ0n) is 50.3. The van der Waals surface area contributed by atoms with Crippen LogP contribution in [0, 0.1) is 11.8 Å². The van der Waals surface area contributed by atoms with Crippen molar-refractivity contribution in [2.45, 2.75) is 199 Å². The molecule has 11 heteroatoms. The van der Waals surface area contributed by atoms with Crippen LogP contribution in [-0.2, 0) is 27.5 Å². The first-order valence-corrected chi connectivity index (χ1v) is 33.1. The highest BCUT2D eigenvalue weighted by Crippen LogP contribution is 2.50. The fourth-order valence-corrected chi connectivity index (χ4v) is 16.4. The highest BCUT2D eigenvalue weighted by Gasteiger charge is 2.34. The summed E-state index contributed by atoms with van der Waals surface area (Å²) in [7, 11) is 0. The molecule has 4 saturated carbocycles. The van der Waals surface area contributed by atoms with E-state index in [1.807, 2.05) is 12.1 Å². The predicted molar refractivity (Wildman–Crippen MR) is 338 cm³/mol. The monoisotopic (exact) mass is 1120 g/mol. The lowest BCUT2D eigenvalue weighted by atomic mass is 9.81. The number of ketones is 1. The number of carbonyl (C=O) groups excluding carboxylic acids is 3. The molecule has 0 amide bonds. The number of Topliss-reactive ketones (excluding diaryl/α,β-unsaturated/α-hetero) is 1. The zero-order chi connectivity index (χ0) is 56.7. The Bertz CT molecular complexity index is 3190. The second-order valence-corrected chi connectivity index (χ2v) is 26.0. The van der Waals surface area contributed by atoms with E-state index >= 15 is 0 Å². The lowest BCUT2D eigenvalue weighted by Gasteiger charge is -2.37. The van der Waals surface area contributed by atoms with Crippen LogP contribution < -0.4 is 24.6 Å². The van der Waals surface area contributed by atoms with E-state index in [4.69, 9.17) is 9.47 Å². The molecule has 83 heavy (non-hydrogen) atoms. The van der Waals surface area contributed by atoms with E-state index in [1.54, 1.807) is 0 Å². The van der Waals surface area contributed by atoms with Gasteiger partial charge >= 0.3 is 11.9 Å². The molecule has 0 unspecified atom stereocenters. The molecule has 6 aromatic rings. The van der Waals surface area contributed by atoms with Gasteiger partial charge in [0.15, 0.2) is 0 Å². The average molecular weight is 1120 g/mol. The molecule has 4 aliphatic carbocycles. The molecule has 6 fully saturated rings. The molecule has 442 valence electrons. The number of benzene rings is 4. The average Bonchev–Trinajstić information content (AvgIpc) is 2.07. The third-order valence-electron chi connectivity index (χ3n) is 20.6. The zero-order valence-corrected chi connectivity index (χ0v) is 50.3. The van der Waals surface area contributed by atoms with Crippen LogP contribution in [0.25, 0.3) is 44.3 Å². The standard InChI is InChI=1S/C36H47N3O2.C31H39N3O2.C5H8O/c1-26(40)41-30-15-16-31-34(25-30)39-24-23-38(22-19-27-17-20-37(21-18-27)29-11-5-6-12-29)33-14-8-7-13-32(33)36(39)35(31)28-9-3-2-4-10-28;1-22(35)36-25-11-12-26-29(21-25)34-20-19-33(18-15-23-13-16-32-17-14-23)28-10-6-5-9-27(28)31(34)30(26)24-7-3-2-4-8-24;6-5-3-1-2-4-5/h7-8,13-16,25,27-29H,2-6,9-12,17-24H2,1H3;5-6,9-12,21,23-24,32H,2-4,7-8,13-20H2,1H3;1-4H2. The van der Waals surface area contributed by atoms with Crippen LogP contribution in [-0.4, -0.2) is 90.2 Å². The molecule has 6 heterocycles. The number of fused-ring (bicyclic) bond motifs is 10. The smallest absolute Gasteiger partial charge is 0.308 e. The van der Waals surface area contributed by atoms with Crippen LogP contribution in [0.5, 0.6) is 11.5 Å². The molecule has 14 rings (SSSR count). The Balaban J connectivity index is 0.000000150. The van der Waals surface area contributed by atoms with Crippen molar-refractivity contribution in [3.8, 4) is 34.0 Å². The van der Waals surface area contributed by atoms with Crippen LogP contribution in [0.15, 0.2) is 84.9 Å². The minimum atomic E-state index is -0.265. The number of nitrogens with one attached hydrogen (secondary N) is 1. The molecular formula is C72H94N6O5. The van der Waals surface area contributed by atoms with Crippen LogP contribution in [0.2, 0.25) is 0 Å². The third kappa shape index (κ3) is 13.2. The highest BCUT2D eigenvalue weighted by molar-refractivity contribution is 5.98. The van der Waals surface area contributed by atoms with Gasteiger partial charge in [0, 0.05) is 117 Å². The molecule has 4 aliphatic heterocycles.